The van der Waals surface area contributed by atoms with Crippen molar-refractivity contribution < 1.29 is 0 Å². The average Bonchev–Trinajstić information content (AvgIpc) is 3.36. The summed E-state index contributed by atoms with van der Waals surface area (Å²) in [5, 5.41) is 0.331. The monoisotopic (exact) mass is 616 g/mol. The molecule has 0 heterocycles. The number of hydrogen-bond donors (Lipinski definition) is 0. The van der Waals surface area contributed by atoms with Crippen LogP contribution in [-0.2, 0) is 5.16 Å². The van der Waals surface area contributed by atoms with Gasteiger partial charge in [0.1, 0.15) is 5.16 Å². The fourth-order valence-electron chi connectivity index (χ4n) is 9.85. The number of rotatable bonds is 20. The summed E-state index contributed by atoms with van der Waals surface area (Å²) in [6, 6.07) is 19.5. The quantitative estimate of drug-likeness (QED) is 0.103. The van der Waals surface area contributed by atoms with Gasteiger partial charge in [0.15, 0.2) is 0 Å². The van der Waals surface area contributed by atoms with Crippen LogP contribution in [0.4, 0.5) is 0 Å². The van der Waals surface area contributed by atoms with Crippen molar-refractivity contribution in [2.24, 2.45) is 0 Å². The molecule has 244 valence electrons. The van der Waals surface area contributed by atoms with Crippen molar-refractivity contribution in [3.8, 4) is 11.1 Å². The first-order valence-electron chi connectivity index (χ1n) is 19.9. The van der Waals surface area contributed by atoms with Gasteiger partial charge in [-0.1, -0.05) is 165 Å². The number of benzene rings is 2. The van der Waals surface area contributed by atoms with Crippen molar-refractivity contribution in [2.45, 2.75) is 197 Å². The molecule has 3 aliphatic rings. The summed E-state index contributed by atoms with van der Waals surface area (Å²) in [5.41, 5.74) is 8.72. The molecule has 0 nitrogen and oxygen atoms in total. The molecule has 0 N–H and O–H groups in total. The highest BCUT2D eigenvalue weighted by molar-refractivity contribution is 7.60. The van der Waals surface area contributed by atoms with Gasteiger partial charge in [-0.25, -0.2) is 0 Å². The van der Waals surface area contributed by atoms with E-state index in [1.54, 1.807) is 22.3 Å². The highest BCUT2D eigenvalue weighted by Gasteiger charge is 2.58. The molecular formula is C43H68P+. The van der Waals surface area contributed by atoms with Gasteiger partial charge in [-0.2, -0.15) is 0 Å². The molecule has 0 bridgehead atoms. The van der Waals surface area contributed by atoms with E-state index < -0.39 is 7.92 Å². The van der Waals surface area contributed by atoms with Gasteiger partial charge < -0.3 is 0 Å². The van der Waals surface area contributed by atoms with Crippen molar-refractivity contribution in [1.29, 1.82) is 0 Å². The predicted octanol–water partition coefficient (Wildman–Crippen LogP) is 14.4. The van der Waals surface area contributed by atoms with Crippen LogP contribution < -0.4 is 0 Å². The zero-order valence-corrected chi connectivity index (χ0v) is 29.9. The van der Waals surface area contributed by atoms with Gasteiger partial charge in [-0.15, -0.1) is 0 Å². The SMILES string of the molecule is CCCCCCCCCCCCCCCCCCC1([PH+](C2CCCCC2)C2CCCCC2)c2ccccc2-c2ccccc21. The molecule has 0 spiro atoms. The molecule has 5 rings (SSSR count). The lowest BCUT2D eigenvalue weighted by atomic mass is 9.89. The summed E-state index contributed by atoms with van der Waals surface area (Å²) in [4.78, 5) is 0. The summed E-state index contributed by atoms with van der Waals surface area (Å²) in [6.45, 7) is 2.32. The van der Waals surface area contributed by atoms with E-state index in [0.717, 1.165) is 11.3 Å². The van der Waals surface area contributed by atoms with E-state index in [4.69, 9.17) is 0 Å². The third-order valence-corrected chi connectivity index (χ3v) is 16.7. The molecule has 2 saturated carbocycles. The Kier molecular flexibility index (Phi) is 14.7. The Hall–Kier alpha value is -1.13. The van der Waals surface area contributed by atoms with Crippen LogP contribution in [0.2, 0.25) is 0 Å². The number of fused-ring (bicyclic) bond motifs is 3. The van der Waals surface area contributed by atoms with Crippen LogP contribution in [0.1, 0.15) is 191 Å². The van der Waals surface area contributed by atoms with Crippen LogP contribution in [0.5, 0.6) is 0 Å². The molecule has 0 radical (unpaired) electrons. The molecule has 1 heteroatoms. The molecule has 2 fully saturated rings. The summed E-state index contributed by atoms with van der Waals surface area (Å²) in [5.74, 6) is 0. The van der Waals surface area contributed by atoms with Gasteiger partial charge >= 0.3 is 0 Å². The van der Waals surface area contributed by atoms with Crippen LogP contribution in [0.25, 0.3) is 11.1 Å². The van der Waals surface area contributed by atoms with Crippen LogP contribution in [-0.4, -0.2) is 11.3 Å². The van der Waals surface area contributed by atoms with Crippen molar-refractivity contribution in [3.63, 3.8) is 0 Å². The second-order valence-electron chi connectivity index (χ2n) is 15.2. The van der Waals surface area contributed by atoms with Crippen LogP contribution in [0.15, 0.2) is 48.5 Å². The van der Waals surface area contributed by atoms with Crippen molar-refractivity contribution >= 4 is 7.92 Å². The van der Waals surface area contributed by atoms with Crippen LogP contribution in [0.3, 0.4) is 0 Å². The smallest absolute Gasteiger partial charge is 0.0654 e. The normalized spacial score (nSPS) is 18.5. The number of hydrogen-bond acceptors (Lipinski definition) is 0. The van der Waals surface area contributed by atoms with Gasteiger partial charge in [0.05, 0.1) is 11.3 Å². The lowest BCUT2D eigenvalue weighted by Gasteiger charge is -2.44. The Morgan fingerprint density at radius 3 is 1.25 bits per heavy atom. The van der Waals surface area contributed by atoms with E-state index in [-0.39, 0.29) is 0 Å². The van der Waals surface area contributed by atoms with Crippen molar-refractivity contribution in [2.75, 3.05) is 0 Å². The van der Waals surface area contributed by atoms with Gasteiger partial charge in [0, 0.05) is 19.0 Å². The topological polar surface area (TPSA) is 0 Å². The maximum Gasteiger partial charge on any atom is 0.129 e. The minimum atomic E-state index is -0.626. The summed E-state index contributed by atoms with van der Waals surface area (Å²) >= 11 is 0. The molecule has 0 saturated heterocycles. The molecule has 3 aliphatic carbocycles. The third kappa shape index (κ3) is 8.81. The first-order valence-corrected chi connectivity index (χ1v) is 21.6. The van der Waals surface area contributed by atoms with E-state index in [1.807, 2.05) is 0 Å². The molecule has 0 unspecified atom stereocenters. The Labute approximate surface area is 274 Å². The lowest BCUT2D eigenvalue weighted by molar-refractivity contribution is 0.465. The second kappa shape index (κ2) is 18.9. The Balaban J connectivity index is 1.17. The Morgan fingerprint density at radius 1 is 0.477 bits per heavy atom. The van der Waals surface area contributed by atoms with E-state index in [0.29, 0.717) is 5.16 Å². The molecule has 0 aliphatic heterocycles. The molecule has 2 aromatic rings. The zero-order chi connectivity index (χ0) is 30.3. The van der Waals surface area contributed by atoms with E-state index in [1.165, 1.54) is 173 Å². The maximum atomic E-state index is 2.60. The summed E-state index contributed by atoms with van der Waals surface area (Å²) in [6.07, 6.45) is 39.7. The Morgan fingerprint density at radius 2 is 0.841 bits per heavy atom. The van der Waals surface area contributed by atoms with Gasteiger partial charge in [-0.3, -0.25) is 0 Å². The van der Waals surface area contributed by atoms with Crippen LogP contribution in [0, 0.1) is 0 Å². The third-order valence-electron chi connectivity index (χ3n) is 12.1. The molecule has 0 aromatic heterocycles. The highest BCUT2D eigenvalue weighted by atomic mass is 31.1. The molecule has 0 atom stereocenters. The van der Waals surface area contributed by atoms with E-state index in [2.05, 4.69) is 55.5 Å². The molecule has 2 aromatic carbocycles. The second-order valence-corrected chi connectivity index (χ2v) is 18.6. The van der Waals surface area contributed by atoms with Gasteiger partial charge in [0.25, 0.3) is 0 Å². The molecule has 0 amide bonds. The lowest BCUT2D eigenvalue weighted by Crippen LogP contribution is -2.34. The number of unbranched alkanes of at least 4 members (excludes halogenated alkanes) is 15. The van der Waals surface area contributed by atoms with Crippen LogP contribution >= 0.6 is 7.92 Å². The first-order chi connectivity index (χ1) is 21.9. The van der Waals surface area contributed by atoms with Crippen molar-refractivity contribution in [1.82, 2.24) is 0 Å². The Bertz CT molecular complexity index is 995. The van der Waals surface area contributed by atoms with E-state index in [9.17, 15) is 0 Å². The zero-order valence-electron chi connectivity index (χ0n) is 28.9. The maximum absolute atomic E-state index is 2.60. The largest absolute Gasteiger partial charge is 0.129 e. The van der Waals surface area contributed by atoms with E-state index >= 15 is 0 Å². The average molecular weight is 616 g/mol. The fraction of sp³-hybridized carbons (Fsp3) is 0.721. The minimum absolute atomic E-state index is 0.331. The predicted molar refractivity (Wildman–Crippen MR) is 199 cm³/mol. The minimum Gasteiger partial charge on any atom is -0.0654 e. The fourth-order valence-corrected chi connectivity index (χ4v) is 15.5. The summed E-state index contributed by atoms with van der Waals surface area (Å²) in [7, 11) is -0.626. The molecule has 44 heavy (non-hydrogen) atoms. The van der Waals surface area contributed by atoms with Crippen molar-refractivity contribution in [3.05, 3.63) is 59.7 Å². The molecular weight excluding hydrogens is 547 g/mol. The van der Waals surface area contributed by atoms with Gasteiger partial charge in [-0.05, 0) is 75.3 Å². The first kappa shape index (κ1) is 34.2. The standard InChI is InChI=1S/C43H67P/c1-2-3-4-5-6-7-8-9-10-11-12-13-14-15-16-27-36-43(41-34-25-23-32-39(41)40-33-24-26-35-42(40)43)44(37-28-19-17-20-29-37)38-30-21-18-22-31-38/h23-26,32-35,37-38H,2-22,27-31,36H2,1H3/p+1. The highest BCUT2D eigenvalue weighted by Crippen LogP contribution is 2.74. The summed E-state index contributed by atoms with van der Waals surface area (Å²) < 4.78 is 0. The van der Waals surface area contributed by atoms with Gasteiger partial charge in [0.2, 0.25) is 0 Å².